The van der Waals surface area contributed by atoms with Crippen molar-refractivity contribution < 1.29 is 98.5 Å². The van der Waals surface area contributed by atoms with Crippen LogP contribution < -0.4 is 0 Å². The Balaban J connectivity index is -0.000000411. The van der Waals surface area contributed by atoms with E-state index >= 15 is 0 Å². The third-order valence-corrected chi connectivity index (χ3v) is 8.84. The van der Waals surface area contributed by atoms with Crippen LogP contribution in [0.15, 0.2) is 0 Å². The second kappa shape index (κ2) is 9.51. The molecule has 0 fully saturated rings. The maximum Gasteiger partial charge on any atom is 0 e. The Labute approximate surface area is 157 Å². The molecule has 0 heterocycles. The zero-order chi connectivity index (χ0) is 22.2. The van der Waals surface area contributed by atoms with Gasteiger partial charge in [0.1, 0.15) is 0 Å². The molecular weight excluding hydrogens is 625 g/mol. The largest absolute Gasteiger partial charge is 0 e. The van der Waals surface area contributed by atoms with Gasteiger partial charge in [-0.1, -0.05) is 0 Å². The van der Waals surface area contributed by atoms with Crippen LogP contribution in [0.25, 0.3) is 0 Å². The third kappa shape index (κ3) is 11.9. The van der Waals surface area contributed by atoms with Gasteiger partial charge in [0, 0.05) is 19.5 Å². The van der Waals surface area contributed by atoms with Crippen molar-refractivity contribution in [3.8, 4) is 0 Å². The fraction of sp³-hybridized carbons (Fsp3) is 1.00. The van der Waals surface area contributed by atoms with E-state index in [0.717, 1.165) is 0 Å². The van der Waals surface area contributed by atoms with Crippen molar-refractivity contribution >= 4 is 28.7 Å². The smallest absolute Gasteiger partial charge is 0 e. The summed E-state index contributed by atoms with van der Waals surface area (Å²) in [5.41, 5.74) is 0. The Morgan fingerprint density at radius 1 is 0.259 bits per heavy atom. The number of rotatable bonds is 0. The van der Waals surface area contributed by atoms with Gasteiger partial charge in [0.15, 0.2) is 0 Å². The summed E-state index contributed by atoms with van der Waals surface area (Å²) < 4.78 is 204. The van der Waals surface area contributed by atoms with Crippen LogP contribution in [0.3, 0.4) is 0 Å². The summed E-state index contributed by atoms with van der Waals surface area (Å²) in [6, 6.07) is 0. The third-order valence-electron chi connectivity index (χ3n) is 1.70. The quantitative estimate of drug-likeness (QED) is 0.245. The van der Waals surface area contributed by atoms with Gasteiger partial charge < -0.3 is 0 Å². The molecule has 0 unspecified atom stereocenters. The Morgan fingerprint density at radius 3 is 0.333 bits per heavy atom. The molecule has 2 radical (unpaired) electrons. The second-order valence-corrected chi connectivity index (χ2v) is 14.0. The maximum absolute atomic E-state index is 11.3. The molecule has 160 valence electrons. The van der Waals surface area contributed by atoms with Crippen LogP contribution in [0, 0.1) is 0 Å². The first kappa shape index (κ1) is 32.1. The Hall–Kier alpha value is 0.449. The van der Waals surface area contributed by atoms with Crippen molar-refractivity contribution in [2.75, 3.05) is 0 Å². The van der Waals surface area contributed by atoms with Crippen molar-refractivity contribution in [2.24, 2.45) is 0 Å². The molecule has 0 rings (SSSR count). The normalized spacial score (nSPS) is 14.7. The van der Waals surface area contributed by atoms with E-state index in [1.54, 1.807) is 0 Å². The van der Waals surface area contributed by atoms with E-state index in [1.807, 2.05) is 0 Å². The van der Waals surface area contributed by atoms with Crippen molar-refractivity contribution in [2.45, 2.75) is 30.1 Å². The minimum Gasteiger partial charge on any atom is 0 e. The second-order valence-electron chi connectivity index (χ2n) is 3.74. The molecule has 0 aliphatic rings. The monoisotopic (exact) mass is 626 g/mol. The molecule has 0 aromatic heterocycles. The van der Waals surface area contributed by atoms with E-state index in [4.69, 9.17) is 0 Å². The Morgan fingerprint density at radius 2 is 0.333 bits per heavy atom. The fourth-order valence-electron chi connectivity index (χ4n) is 0.964. The van der Waals surface area contributed by atoms with Gasteiger partial charge >= 0.3 is 138 Å². The molecule has 0 saturated carbocycles. The fourth-order valence-corrected chi connectivity index (χ4v) is 5.01. The zero-order valence-electron chi connectivity index (χ0n) is 11.5. The average Bonchev–Trinajstić information content (AvgIpc) is 1.97. The van der Waals surface area contributed by atoms with Crippen LogP contribution in [0.1, 0.15) is 0 Å². The molecule has 0 atom stereocenters. The topological polar surface area (TPSA) is 0 Å². The number of hydrogen-bond donors (Lipinski definition) is 0. The number of hydrogen-bond acceptors (Lipinski definition) is 0. The average molecular weight is 625 g/mol. The summed E-state index contributed by atoms with van der Waals surface area (Å²) in [6.07, 6.45) is 0. The molecule has 0 aliphatic carbocycles. The van der Waals surface area contributed by atoms with Crippen molar-refractivity contribution in [3.63, 3.8) is 0 Å². The number of halogens is 18. The Bertz CT molecular complexity index is 323. The van der Waals surface area contributed by atoms with Gasteiger partial charge in [-0.3, -0.25) is 0 Å². The standard InChI is InChI=1S/2C3F9Ge.Zn/c2*4-1(5,6)13(2(7,8)9)3(10,11)12;. The summed E-state index contributed by atoms with van der Waals surface area (Å²) in [4.78, 5) is 0. The molecule has 0 bridgehead atoms. The molecule has 0 aromatic carbocycles. The van der Waals surface area contributed by atoms with Crippen LogP contribution in [-0.2, 0) is 19.5 Å². The van der Waals surface area contributed by atoms with Gasteiger partial charge in [-0.05, 0) is 0 Å². The predicted octanol–water partition coefficient (Wildman–Crippen LogP) is 5.57. The zero-order valence-corrected chi connectivity index (χ0v) is 18.7. The first-order chi connectivity index (χ1) is 10.7. The Kier molecular flexibility index (Phi) is 11.3. The molecule has 0 nitrogen and oxygen atoms in total. The van der Waals surface area contributed by atoms with Gasteiger partial charge in [-0.25, -0.2) is 0 Å². The van der Waals surface area contributed by atoms with Crippen LogP contribution in [0.4, 0.5) is 79.0 Å². The van der Waals surface area contributed by atoms with Gasteiger partial charge in [0.2, 0.25) is 0 Å². The summed E-state index contributed by atoms with van der Waals surface area (Å²) in [6.45, 7) is 0. The first-order valence-corrected chi connectivity index (χ1v) is 11.2. The minimum atomic E-state index is -7.10. The predicted molar refractivity (Wildman–Crippen MR) is 47.8 cm³/mol. The summed E-state index contributed by atoms with van der Waals surface area (Å²) in [5.74, 6) is 0. The van der Waals surface area contributed by atoms with E-state index in [1.165, 1.54) is 0 Å². The molecule has 21 heteroatoms. The van der Waals surface area contributed by atoms with Gasteiger partial charge in [0.05, 0.1) is 0 Å². The molecule has 27 heavy (non-hydrogen) atoms. The van der Waals surface area contributed by atoms with Gasteiger partial charge in [-0.15, -0.1) is 0 Å². The van der Waals surface area contributed by atoms with E-state index in [0.29, 0.717) is 0 Å². The SMILES string of the molecule is F[C](F)(F)[Ge]([C](F)(F)F)[C](F)(F)F.F[C](F)(F)[Ge]([C](F)(F)F)[C](F)(F)F.[Zn]. The summed E-state index contributed by atoms with van der Waals surface area (Å²) in [5, 5.41) is -37.2. The molecular formula is C6F18Ge2Zn. The van der Waals surface area contributed by atoms with E-state index in [-0.39, 0.29) is 19.5 Å². The summed E-state index contributed by atoms with van der Waals surface area (Å²) >= 11 is -14.2. The molecule has 0 N–H and O–H groups in total. The van der Waals surface area contributed by atoms with Crippen LogP contribution in [0.2, 0.25) is 0 Å². The number of alkyl halides is 18. The van der Waals surface area contributed by atoms with Gasteiger partial charge in [-0.2, -0.15) is 0 Å². The maximum atomic E-state index is 11.3. The minimum absolute atomic E-state index is 0. The molecule has 0 saturated heterocycles. The summed E-state index contributed by atoms with van der Waals surface area (Å²) in [7, 11) is 0. The molecule has 0 aromatic rings. The molecule has 0 spiro atoms. The van der Waals surface area contributed by atoms with Crippen molar-refractivity contribution in [1.29, 1.82) is 0 Å². The van der Waals surface area contributed by atoms with Crippen molar-refractivity contribution in [3.05, 3.63) is 0 Å². The van der Waals surface area contributed by atoms with Crippen LogP contribution in [-0.4, -0.2) is 58.8 Å². The van der Waals surface area contributed by atoms with Crippen LogP contribution >= 0.6 is 0 Å². The van der Waals surface area contributed by atoms with E-state index in [2.05, 4.69) is 0 Å². The van der Waals surface area contributed by atoms with Crippen molar-refractivity contribution in [1.82, 2.24) is 0 Å². The molecule has 0 amide bonds. The first-order valence-electron chi connectivity index (χ1n) is 4.90. The van der Waals surface area contributed by atoms with Crippen LogP contribution in [0.5, 0.6) is 0 Å². The molecule has 0 aliphatic heterocycles. The van der Waals surface area contributed by atoms with E-state index < -0.39 is 58.8 Å². The van der Waals surface area contributed by atoms with E-state index in [9.17, 15) is 79.0 Å². The van der Waals surface area contributed by atoms with Gasteiger partial charge in [0.25, 0.3) is 0 Å².